The molecule has 34 heavy (non-hydrogen) atoms. The first-order valence-electron chi connectivity index (χ1n) is 11.1. The van der Waals surface area contributed by atoms with Crippen LogP contribution in [0.25, 0.3) is 11.1 Å². The Morgan fingerprint density at radius 3 is 2.32 bits per heavy atom. The van der Waals surface area contributed by atoms with E-state index in [1.165, 1.54) is 5.38 Å². The molecule has 0 radical (unpaired) electrons. The molecule has 9 heteroatoms. The number of carbonyl (C=O) groups excluding carboxylic acids is 2. The van der Waals surface area contributed by atoms with Gasteiger partial charge in [-0.3, -0.25) is 14.9 Å². The number of rotatable bonds is 8. The first kappa shape index (κ1) is 22.1. The molecule has 8 nitrogen and oxygen atoms in total. The monoisotopic (exact) mass is 477 g/mol. The fraction of sp³-hybridized carbons (Fsp3) is 0.280. The van der Waals surface area contributed by atoms with Gasteiger partial charge >= 0.3 is 12.1 Å². The first-order chi connectivity index (χ1) is 16.5. The summed E-state index contributed by atoms with van der Waals surface area (Å²) < 4.78 is 5.51. The number of aliphatic carboxylic acids is 1. The van der Waals surface area contributed by atoms with Crippen molar-refractivity contribution in [3.8, 4) is 11.1 Å². The summed E-state index contributed by atoms with van der Waals surface area (Å²) in [6, 6.07) is 15.8. The van der Waals surface area contributed by atoms with E-state index in [0.29, 0.717) is 0 Å². The normalized spacial score (nSPS) is 15.2. The minimum absolute atomic E-state index is 0.0515. The van der Waals surface area contributed by atoms with Gasteiger partial charge in [0.1, 0.15) is 12.3 Å². The number of carboxylic acid groups (broad SMARTS) is 1. The van der Waals surface area contributed by atoms with E-state index in [4.69, 9.17) is 9.84 Å². The van der Waals surface area contributed by atoms with Crippen molar-refractivity contribution in [3.63, 3.8) is 0 Å². The predicted octanol–water partition coefficient (Wildman–Crippen LogP) is 4.49. The fourth-order valence-electron chi connectivity index (χ4n) is 4.42. The van der Waals surface area contributed by atoms with Gasteiger partial charge in [-0.25, -0.2) is 9.78 Å². The van der Waals surface area contributed by atoms with E-state index in [-0.39, 0.29) is 35.7 Å². The van der Waals surface area contributed by atoms with E-state index in [1.807, 2.05) is 36.4 Å². The number of nitrogens with zero attached hydrogens (tertiary/aromatic N) is 1. The van der Waals surface area contributed by atoms with Crippen LogP contribution in [0.15, 0.2) is 53.9 Å². The van der Waals surface area contributed by atoms with Gasteiger partial charge < -0.3 is 15.2 Å². The van der Waals surface area contributed by atoms with Gasteiger partial charge in [0.25, 0.3) is 5.91 Å². The molecule has 2 aliphatic carbocycles. The zero-order chi connectivity index (χ0) is 23.7. The van der Waals surface area contributed by atoms with Crippen LogP contribution in [0, 0.1) is 5.92 Å². The highest BCUT2D eigenvalue weighted by atomic mass is 32.1. The Balaban J connectivity index is 1.19. The van der Waals surface area contributed by atoms with Gasteiger partial charge in [-0.15, -0.1) is 11.3 Å². The third kappa shape index (κ3) is 4.65. The number of anilines is 1. The maximum absolute atomic E-state index is 12.5. The maximum Gasteiger partial charge on any atom is 0.413 e. The summed E-state index contributed by atoms with van der Waals surface area (Å²) in [4.78, 5) is 40.1. The van der Waals surface area contributed by atoms with Crippen molar-refractivity contribution in [1.29, 1.82) is 0 Å². The van der Waals surface area contributed by atoms with Crippen LogP contribution in [0.3, 0.4) is 0 Å². The third-order valence-corrected chi connectivity index (χ3v) is 6.95. The SMILES string of the molecule is O=C(O)CC(NC(=O)c1csc(NC(=O)OCC2c3ccccc3-c3ccccc32)n1)C1CC1. The molecule has 1 atom stereocenters. The molecule has 2 aliphatic rings. The number of hydrogen-bond acceptors (Lipinski definition) is 6. The Morgan fingerprint density at radius 2 is 1.71 bits per heavy atom. The number of amides is 2. The minimum Gasteiger partial charge on any atom is -0.481 e. The van der Waals surface area contributed by atoms with Gasteiger partial charge in [0, 0.05) is 17.3 Å². The molecular weight excluding hydrogens is 454 g/mol. The van der Waals surface area contributed by atoms with E-state index in [9.17, 15) is 14.4 Å². The van der Waals surface area contributed by atoms with E-state index >= 15 is 0 Å². The molecule has 0 spiro atoms. The van der Waals surface area contributed by atoms with Crippen LogP contribution in [0.5, 0.6) is 0 Å². The van der Waals surface area contributed by atoms with E-state index in [2.05, 4.69) is 27.8 Å². The third-order valence-electron chi connectivity index (χ3n) is 6.19. The summed E-state index contributed by atoms with van der Waals surface area (Å²) in [6.07, 6.45) is 1.05. The first-order valence-corrected chi connectivity index (χ1v) is 12.0. The largest absolute Gasteiger partial charge is 0.481 e. The Hall–Kier alpha value is -3.72. The molecule has 3 aromatic rings. The number of carbonyl (C=O) groups is 3. The summed E-state index contributed by atoms with van der Waals surface area (Å²) in [6.45, 7) is 0.177. The van der Waals surface area contributed by atoms with Gasteiger partial charge in [0.15, 0.2) is 5.13 Å². The molecule has 174 valence electrons. The number of carboxylic acids is 1. The molecule has 1 unspecified atom stereocenters. The number of thiazole rings is 1. The number of benzene rings is 2. The number of hydrogen-bond donors (Lipinski definition) is 3. The topological polar surface area (TPSA) is 118 Å². The van der Waals surface area contributed by atoms with Crippen molar-refractivity contribution in [1.82, 2.24) is 10.3 Å². The lowest BCUT2D eigenvalue weighted by molar-refractivity contribution is -0.137. The van der Waals surface area contributed by atoms with Crippen LogP contribution in [-0.2, 0) is 9.53 Å². The minimum atomic E-state index is -0.951. The molecular formula is C25H23N3O5S. The molecule has 5 rings (SSSR count). The quantitative estimate of drug-likeness (QED) is 0.440. The molecule has 2 aromatic carbocycles. The van der Waals surface area contributed by atoms with Gasteiger partial charge in [0.05, 0.1) is 6.42 Å². The molecule has 1 saturated carbocycles. The summed E-state index contributed by atoms with van der Waals surface area (Å²) in [7, 11) is 0. The van der Waals surface area contributed by atoms with E-state index < -0.39 is 24.0 Å². The highest BCUT2D eigenvalue weighted by Gasteiger charge is 2.34. The Bertz CT molecular complexity index is 1210. The van der Waals surface area contributed by atoms with Gasteiger partial charge in [-0.2, -0.15) is 0 Å². The van der Waals surface area contributed by atoms with Crippen LogP contribution in [0.2, 0.25) is 0 Å². The lowest BCUT2D eigenvalue weighted by Crippen LogP contribution is -2.38. The molecule has 1 aromatic heterocycles. The molecule has 1 heterocycles. The summed E-state index contributed by atoms with van der Waals surface area (Å²) in [5.74, 6) is -1.26. The van der Waals surface area contributed by atoms with Crippen LogP contribution in [-0.4, -0.2) is 40.7 Å². The van der Waals surface area contributed by atoms with Crippen molar-refractivity contribution in [3.05, 3.63) is 70.7 Å². The van der Waals surface area contributed by atoms with Crippen LogP contribution in [0.1, 0.15) is 46.8 Å². The number of ether oxygens (including phenoxy) is 1. The molecule has 0 aliphatic heterocycles. The van der Waals surface area contributed by atoms with Crippen LogP contribution < -0.4 is 10.6 Å². The number of fused-ring (bicyclic) bond motifs is 3. The second kappa shape index (κ2) is 9.26. The molecule has 0 bridgehead atoms. The Kier molecular flexibility index (Phi) is 6.02. The Labute approximate surface area is 200 Å². The second-order valence-corrected chi connectivity index (χ2v) is 9.36. The predicted molar refractivity (Wildman–Crippen MR) is 127 cm³/mol. The van der Waals surface area contributed by atoms with E-state index in [1.54, 1.807) is 0 Å². The van der Waals surface area contributed by atoms with Crippen molar-refractivity contribution in [2.24, 2.45) is 5.92 Å². The van der Waals surface area contributed by atoms with Crippen LogP contribution in [0.4, 0.5) is 9.93 Å². The molecule has 0 saturated heterocycles. The van der Waals surface area contributed by atoms with Gasteiger partial charge in [-0.05, 0) is 41.0 Å². The maximum atomic E-state index is 12.5. The number of nitrogens with one attached hydrogen (secondary N) is 2. The number of aromatic nitrogens is 1. The highest BCUT2D eigenvalue weighted by Crippen LogP contribution is 2.44. The average molecular weight is 478 g/mol. The standard InChI is InChI=1S/C25H23N3O5S/c29-22(30)11-20(14-9-10-14)26-23(31)21-13-34-24(27-21)28-25(32)33-12-19-17-7-3-1-5-15(17)16-6-2-4-8-18(16)19/h1-8,13-14,19-20H,9-12H2,(H,26,31)(H,29,30)(H,27,28,32). The average Bonchev–Trinajstić information content (AvgIpc) is 3.49. The second-order valence-electron chi connectivity index (χ2n) is 8.50. The van der Waals surface area contributed by atoms with Gasteiger partial charge in [0.2, 0.25) is 0 Å². The molecule has 3 N–H and O–H groups in total. The smallest absolute Gasteiger partial charge is 0.413 e. The van der Waals surface area contributed by atoms with Crippen LogP contribution >= 0.6 is 11.3 Å². The van der Waals surface area contributed by atoms with Crippen molar-refractivity contribution >= 4 is 34.4 Å². The van der Waals surface area contributed by atoms with Crippen molar-refractivity contribution in [2.45, 2.75) is 31.2 Å². The molecule has 1 fully saturated rings. The zero-order valence-corrected chi connectivity index (χ0v) is 19.0. The zero-order valence-electron chi connectivity index (χ0n) is 18.2. The van der Waals surface area contributed by atoms with E-state index in [0.717, 1.165) is 46.4 Å². The van der Waals surface area contributed by atoms with Crippen molar-refractivity contribution < 1.29 is 24.2 Å². The lowest BCUT2D eigenvalue weighted by atomic mass is 9.98. The summed E-state index contributed by atoms with van der Waals surface area (Å²) in [5, 5.41) is 16.2. The summed E-state index contributed by atoms with van der Waals surface area (Å²) in [5.41, 5.74) is 4.67. The molecule has 2 amide bonds. The van der Waals surface area contributed by atoms with Crippen molar-refractivity contribution in [2.75, 3.05) is 11.9 Å². The van der Waals surface area contributed by atoms with Gasteiger partial charge in [-0.1, -0.05) is 48.5 Å². The Morgan fingerprint density at radius 1 is 1.06 bits per heavy atom. The fourth-order valence-corrected chi connectivity index (χ4v) is 5.10. The highest BCUT2D eigenvalue weighted by molar-refractivity contribution is 7.14. The summed E-state index contributed by atoms with van der Waals surface area (Å²) >= 11 is 1.11. The lowest BCUT2D eigenvalue weighted by Gasteiger charge is -2.15.